The summed E-state index contributed by atoms with van der Waals surface area (Å²) in [6, 6.07) is 12.6. The van der Waals surface area contributed by atoms with Gasteiger partial charge in [0.15, 0.2) is 23.0 Å². The number of nitrogens with one attached hydrogen (secondary N) is 2. The maximum atomic E-state index is 12.8. The Bertz CT molecular complexity index is 1320. The van der Waals surface area contributed by atoms with Crippen LogP contribution in [0, 0.1) is 0 Å². The van der Waals surface area contributed by atoms with E-state index in [2.05, 4.69) is 16.7 Å². The summed E-state index contributed by atoms with van der Waals surface area (Å²) < 4.78 is 28.0. The molecule has 4 aliphatic rings. The molecule has 0 atom stereocenters. The van der Waals surface area contributed by atoms with Crippen LogP contribution in [0.3, 0.4) is 0 Å². The van der Waals surface area contributed by atoms with Gasteiger partial charge >= 0.3 is 6.09 Å². The summed E-state index contributed by atoms with van der Waals surface area (Å²) in [5.41, 5.74) is 1.72. The van der Waals surface area contributed by atoms with Crippen LogP contribution in [-0.2, 0) is 22.6 Å². The molecule has 11 heteroatoms. The van der Waals surface area contributed by atoms with E-state index in [1.165, 1.54) is 5.56 Å². The van der Waals surface area contributed by atoms with E-state index in [0.29, 0.717) is 39.0 Å². The van der Waals surface area contributed by atoms with E-state index in [-0.39, 0.29) is 18.0 Å². The van der Waals surface area contributed by atoms with Crippen LogP contribution in [0.5, 0.6) is 23.0 Å². The molecule has 4 heterocycles. The molecule has 0 unspecified atom stereocenters. The molecule has 2 amide bonds. The first-order valence-corrected chi connectivity index (χ1v) is 16.6. The molecule has 0 bridgehead atoms. The van der Waals surface area contributed by atoms with Crippen molar-refractivity contribution in [3.05, 3.63) is 47.5 Å². The zero-order valence-corrected chi connectivity index (χ0v) is 27.8. The van der Waals surface area contributed by atoms with Gasteiger partial charge in [0.2, 0.25) is 5.91 Å². The Kier molecular flexibility index (Phi) is 11.5. The smallest absolute Gasteiger partial charge is 0.410 e. The predicted octanol–water partition coefficient (Wildman–Crippen LogP) is 4.51. The Labute approximate surface area is 272 Å². The molecule has 2 N–H and O–H groups in total. The Morgan fingerprint density at radius 1 is 0.848 bits per heavy atom. The average molecular weight is 639 g/mol. The standard InChI is InChI=1S/C19H28N2O4.C16H22N2O3/c1-19(2,3)25-18(22)21(15-6-8-20-9-7-15)13-14-4-5-16-17(12-14)24-11-10-23-16;1-12(19)18-6-4-14(5-7-18)17-11-13-2-3-15-16(10-13)21-9-8-20-15/h4-5,12,15,20H,6-11,13H2,1-3H3;2-3,10,14,17H,4-9,11H2,1H3. The number of carbonyl (C=O) groups is 2. The van der Waals surface area contributed by atoms with Crippen LogP contribution in [0.15, 0.2) is 36.4 Å². The van der Waals surface area contributed by atoms with Gasteiger partial charge in [-0.15, -0.1) is 0 Å². The van der Waals surface area contributed by atoms with Crippen molar-refractivity contribution in [3.63, 3.8) is 0 Å². The SMILES string of the molecule is CC(=O)N1CCC(NCc2ccc3c(c2)OCCO3)CC1.CC(C)(C)OC(=O)N(Cc1ccc2c(c1)OCCO2)C1CCNCC1. The van der Waals surface area contributed by atoms with Crippen molar-refractivity contribution in [3.8, 4) is 23.0 Å². The van der Waals surface area contributed by atoms with E-state index in [4.69, 9.17) is 23.7 Å². The van der Waals surface area contributed by atoms with E-state index >= 15 is 0 Å². The zero-order chi connectivity index (χ0) is 32.5. The normalized spacial score (nSPS) is 18.2. The number of carbonyl (C=O) groups excluding carboxylic acids is 2. The van der Waals surface area contributed by atoms with E-state index in [1.807, 2.05) is 60.9 Å². The number of ether oxygens (including phenoxy) is 5. The van der Waals surface area contributed by atoms with Crippen molar-refractivity contribution >= 4 is 12.0 Å². The summed E-state index contributed by atoms with van der Waals surface area (Å²) in [5.74, 6) is 3.37. The molecular weight excluding hydrogens is 588 g/mol. The maximum Gasteiger partial charge on any atom is 0.410 e. The first-order chi connectivity index (χ1) is 22.1. The molecule has 4 aliphatic heterocycles. The fourth-order valence-corrected chi connectivity index (χ4v) is 6.02. The number of benzene rings is 2. The molecule has 0 aromatic heterocycles. The number of amides is 2. The van der Waals surface area contributed by atoms with Gasteiger partial charge in [0.25, 0.3) is 0 Å². The number of rotatable bonds is 6. The third-order valence-electron chi connectivity index (χ3n) is 8.48. The Balaban J connectivity index is 0.000000184. The van der Waals surface area contributed by atoms with Crippen molar-refractivity contribution in [2.24, 2.45) is 0 Å². The highest BCUT2D eigenvalue weighted by Gasteiger charge is 2.30. The van der Waals surface area contributed by atoms with Crippen molar-refractivity contribution in [2.75, 3.05) is 52.6 Å². The summed E-state index contributed by atoms with van der Waals surface area (Å²) in [6.45, 7) is 14.6. The second kappa shape index (κ2) is 15.7. The monoisotopic (exact) mass is 638 g/mol. The second-order valence-corrected chi connectivity index (χ2v) is 13.2. The number of likely N-dealkylation sites (tertiary alicyclic amines) is 1. The number of fused-ring (bicyclic) bond motifs is 2. The van der Waals surface area contributed by atoms with E-state index in [1.54, 1.807) is 6.92 Å². The fourth-order valence-electron chi connectivity index (χ4n) is 6.02. The van der Waals surface area contributed by atoms with E-state index in [0.717, 1.165) is 87.0 Å². The van der Waals surface area contributed by atoms with Gasteiger partial charge in [-0.3, -0.25) is 4.79 Å². The Morgan fingerprint density at radius 3 is 1.96 bits per heavy atom. The van der Waals surface area contributed by atoms with E-state index in [9.17, 15) is 9.59 Å². The van der Waals surface area contributed by atoms with Crippen LogP contribution in [0.1, 0.15) is 64.5 Å². The first-order valence-electron chi connectivity index (χ1n) is 16.6. The summed E-state index contributed by atoms with van der Waals surface area (Å²) in [7, 11) is 0. The molecule has 2 fully saturated rings. The minimum atomic E-state index is -0.505. The molecule has 46 heavy (non-hydrogen) atoms. The minimum Gasteiger partial charge on any atom is -0.486 e. The lowest BCUT2D eigenvalue weighted by Crippen LogP contribution is -2.47. The largest absolute Gasteiger partial charge is 0.486 e. The third kappa shape index (κ3) is 9.65. The molecule has 11 nitrogen and oxygen atoms in total. The summed E-state index contributed by atoms with van der Waals surface area (Å²) in [6.07, 6.45) is 3.65. The molecule has 0 radical (unpaired) electrons. The molecule has 6 rings (SSSR count). The topological polar surface area (TPSA) is 111 Å². The van der Waals surface area contributed by atoms with Crippen LogP contribution >= 0.6 is 0 Å². The van der Waals surface area contributed by atoms with Gasteiger partial charge in [-0.05, 0) is 94.9 Å². The first kappa shape index (κ1) is 33.7. The Hall–Kier alpha value is -3.70. The second-order valence-electron chi connectivity index (χ2n) is 13.2. The van der Waals surface area contributed by atoms with Crippen LogP contribution in [0.2, 0.25) is 0 Å². The number of piperidine rings is 2. The van der Waals surface area contributed by atoms with Crippen molar-refractivity contribution in [1.29, 1.82) is 0 Å². The third-order valence-corrected chi connectivity index (χ3v) is 8.48. The average Bonchev–Trinajstić information content (AvgIpc) is 3.06. The fraction of sp³-hybridized carbons (Fsp3) is 0.600. The molecule has 0 aliphatic carbocycles. The van der Waals surface area contributed by atoms with Gasteiger partial charge in [0.05, 0.1) is 0 Å². The van der Waals surface area contributed by atoms with Gasteiger partial charge in [-0.2, -0.15) is 0 Å². The number of nitrogens with zero attached hydrogens (tertiary/aromatic N) is 2. The van der Waals surface area contributed by atoms with Crippen molar-refractivity contribution < 1.29 is 33.3 Å². The van der Waals surface area contributed by atoms with E-state index < -0.39 is 5.60 Å². The zero-order valence-electron chi connectivity index (χ0n) is 27.8. The van der Waals surface area contributed by atoms with Crippen LogP contribution in [0.25, 0.3) is 0 Å². The molecule has 2 saturated heterocycles. The van der Waals surface area contributed by atoms with Gasteiger partial charge in [0.1, 0.15) is 32.0 Å². The highest BCUT2D eigenvalue weighted by molar-refractivity contribution is 5.73. The highest BCUT2D eigenvalue weighted by Crippen LogP contribution is 2.32. The molecule has 0 saturated carbocycles. The van der Waals surface area contributed by atoms with Crippen LogP contribution in [0.4, 0.5) is 4.79 Å². The van der Waals surface area contributed by atoms with Gasteiger partial charge in [0, 0.05) is 45.2 Å². The van der Waals surface area contributed by atoms with Crippen LogP contribution < -0.4 is 29.6 Å². The van der Waals surface area contributed by atoms with Crippen LogP contribution in [-0.4, -0.2) is 92.1 Å². The van der Waals surface area contributed by atoms with Gasteiger partial charge in [-0.25, -0.2) is 4.79 Å². The lowest BCUT2D eigenvalue weighted by Gasteiger charge is -2.36. The quantitative estimate of drug-likeness (QED) is 0.473. The number of hydrogen-bond donors (Lipinski definition) is 2. The lowest BCUT2D eigenvalue weighted by atomic mass is 10.0. The number of hydrogen-bond acceptors (Lipinski definition) is 9. The maximum absolute atomic E-state index is 12.8. The molecule has 0 spiro atoms. The molecule has 252 valence electrons. The molecule has 2 aromatic rings. The van der Waals surface area contributed by atoms with Gasteiger partial charge in [-0.1, -0.05) is 12.1 Å². The minimum absolute atomic E-state index is 0.181. The predicted molar refractivity (Wildman–Crippen MR) is 175 cm³/mol. The lowest BCUT2D eigenvalue weighted by molar-refractivity contribution is -0.129. The summed E-state index contributed by atoms with van der Waals surface area (Å²) in [5, 5.41) is 6.92. The molecule has 2 aromatic carbocycles. The van der Waals surface area contributed by atoms with Gasteiger partial charge < -0.3 is 44.1 Å². The molecular formula is C35H50N4O7. The summed E-state index contributed by atoms with van der Waals surface area (Å²) in [4.78, 5) is 27.9. The Morgan fingerprint density at radius 2 is 1.39 bits per heavy atom. The van der Waals surface area contributed by atoms with Crippen molar-refractivity contribution in [2.45, 2.75) is 84.2 Å². The van der Waals surface area contributed by atoms with Crippen molar-refractivity contribution in [1.82, 2.24) is 20.4 Å². The summed E-state index contributed by atoms with van der Waals surface area (Å²) >= 11 is 0. The highest BCUT2D eigenvalue weighted by atomic mass is 16.6.